The van der Waals surface area contributed by atoms with E-state index >= 15 is 0 Å². The Morgan fingerprint density at radius 1 is 0.882 bits per heavy atom. The Bertz CT molecular complexity index is 1260. The smallest absolute Gasteiger partial charge is 0.229 e. The van der Waals surface area contributed by atoms with Crippen molar-refractivity contribution in [2.75, 3.05) is 35.2 Å². The molecule has 4 heterocycles. The number of aromatic nitrogens is 5. The molecule has 34 heavy (non-hydrogen) atoms. The van der Waals surface area contributed by atoms with E-state index in [2.05, 4.69) is 77.0 Å². The second-order valence-electron chi connectivity index (χ2n) is 8.29. The second kappa shape index (κ2) is 9.80. The first kappa shape index (κ1) is 21.7. The van der Waals surface area contributed by atoms with Gasteiger partial charge in [0.15, 0.2) is 5.82 Å². The van der Waals surface area contributed by atoms with Crippen molar-refractivity contribution in [3.05, 3.63) is 72.7 Å². The molecule has 0 amide bonds. The van der Waals surface area contributed by atoms with Crippen LogP contribution >= 0.6 is 0 Å². The standard InChI is InChI=1S/C25H27N9/c1-17-4-3-5-21(29-17)24-27-12-10-22(32-24)31-23-11-13-28-25(33-23)30-19-6-8-20(9-7-19)34-15-14-26-18(2)16-34/h3-13,18,26H,14-16H2,1-2H3,(H2,27,28,30,31,32,33)/t18-/m0/s1. The van der Waals surface area contributed by atoms with Gasteiger partial charge < -0.3 is 20.9 Å². The van der Waals surface area contributed by atoms with Crippen molar-refractivity contribution in [2.45, 2.75) is 19.9 Å². The molecule has 0 aliphatic carbocycles. The van der Waals surface area contributed by atoms with Crippen molar-refractivity contribution in [2.24, 2.45) is 0 Å². The highest BCUT2D eigenvalue weighted by atomic mass is 15.2. The fraction of sp³-hybridized carbons (Fsp3) is 0.240. The van der Waals surface area contributed by atoms with E-state index < -0.39 is 0 Å². The molecular weight excluding hydrogens is 426 g/mol. The number of piperazine rings is 1. The summed E-state index contributed by atoms with van der Waals surface area (Å²) in [6.07, 6.45) is 3.41. The number of aryl methyl sites for hydroxylation is 1. The first-order valence-electron chi connectivity index (χ1n) is 11.3. The molecule has 3 aromatic heterocycles. The van der Waals surface area contributed by atoms with Crippen LogP contribution in [0.4, 0.5) is 29.0 Å². The average molecular weight is 454 g/mol. The second-order valence-corrected chi connectivity index (χ2v) is 8.29. The fourth-order valence-corrected chi connectivity index (χ4v) is 3.89. The third-order valence-electron chi connectivity index (χ3n) is 5.54. The lowest BCUT2D eigenvalue weighted by molar-refractivity contribution is 0.485. The van der Waals surface area contributed by atoms with E-state index in [1.165, 1.54) is 5.69 Å². The van der Waals surface area contributed by atoms with Crippen molar-refractivity contribution < 1.29 is 0 Å². The number of hydrogen-bond donors (Lipinski definition) is 3. The van der Waals surface area contributed by atoms with Gasteiger partial charge in [0.25, 0.3) is 0 Å². The molecule has 0 bridgehead atoms. The van der Waals surface area contributed by atoms with Gasteiger partial charge >= 0.3 is 0 Å². The maximum absolute atomic E-state index is 4.58. The van der Waals surface area contributed by atoms with E-state index in [9.17, 15) is 0 Å². The molecule has 4 aromatic rings. The Hall–Kier alpha value is -4.11. The predicted molar refractivity (Wildman–Crippen MR) is 135 cm³/mol. The van der Waals surface area contributed by atoms with Crippen LogP contribution < -0.4 is 20.9 Å². The lowest BCUT2D eigenvalue weighted by atomic mass is 10.2. The third-order valence-corrected chi connectivity index (χ3v) is 5.54. The fourth-order valence-electron chi connectivity index (χ4n) is 3.89. The Balaban J connectivity index is 1.27. The molecule has 1 fully saturated rings. The highest BCUT2D eigenvalue weighted by Gasteiger charge is 2.15. The summed E-state index contributed by atoms with van der Waals surface area (Å²) in [7, 11) is 0. The van der Waals surface area contributed by atoms with Crippen LogP contribution in [0.5, 0.6) is 0 Å². The van der Waals surface area contributed by atoms with E-state index in [-0.39, 0.29) is 0 Å². The molecule has 1 aliphatic heterocycles. The first-order valence-corrected chi connectivity index (χ1v) is 11.3. The molecule has 1 saturated heterocycles. The number of anilines is 5. The van der Waals surface area contributed by atoms with Crippen LogP contribution in [0.25, 0.3) is 11.5 Å². The summed E-state index contributed by atoms with van der Waals surface area (Å²) in [6, 6.07) is 18.2. The van der Waals surface area contributed by atoms with Gasteiger partial charge in [-0.2, -0.15) is 4.98 Å². The van der Waals surface area contributed by atoms with Crippen molar-refractivity contribution in [1.29, 1.82) is 0 Å². The summed E-state index contributed by atoms with van der Waals surface area (Å²) in [4.78, 5) is 24.7. The normalized spacial score (nSPS) is 15.7. The van der Waals surface area contributed by atoms with Gasteiger partial charge in [0.2, 0.25) is 5.95 Å². The molecule has 0 radical (unpaired) electrons. The summed E-state index contributed by atoms with van der Waals surface area (Å²) in [5.41, 5.74) is 3.80. The molecule has 9 heteroatoms. The number of nitrogens with one attached hydrogen (secondary N) is 3. The van der Waals surface area contributed by atoms with Gasteiger partial charge in [0, 0.05) is 55.1 Å². The minimum Gasteiger partial charge on any atom is -0.369 e. The molecule has 3 N–H and O–H groups in total. The lowest BCUT2D eigenvalue weighted by Crippen LogP contribution is -2.49. The Labute approximate surface area is 198 Å². The van der Waals surface area contributed by atoms with E-state index in [0.29, 0.717) is 29.5 Å². The molecule has 172 valence electrons. The maximum atomic E-state index is 4.58. The molecule has 1 aliphatic rings. The van der Waals surface area contributed by atoms with E-state index in [4.69, 9.17) is 0 Å². The minimum atomic E-state index is 0.495. The van der Waals surface area contributed by atoms with E-state index in [0.717, 1.165) is 36.7 Å². The van der Waals surface area contributed by atoms with Crippen molar-refractivity contribution >= 4 is 29.0 Å². The largest absolute Gasteiger partial charge is 0.369 e. The predicted octanol–water partition coefficient (Wildman–Crippen LogP) is 3.92. The van der Waals surface area contributed by atoms with Crippen molar-refractivity contribution in [1.82, 2.24) is 30.2 Å². The van der Waals surface area contributed by atoms with Crippen LogP contribution in [0.1, 0.15) is 12.6 Å². The summed E-state index contributed by atoms with van der Waals surface area (Å²) in [5.74, 6) is 2.32. The van der Waals surface area contributed by atoms with Crippen LogP contribution in [0, 0.1) is 6.92 Å². The highest BCUT2D eigenvalue weighted by molar-refractivity contribution is 5.62. The highest BCUT2D eigenvalue weighted by Crippen LogP contribution is 2.22. The molecule has 0 spiro atoms. The SMILES string of the molecule is Cc1cccc(-c2nccc(Nc3ccnc(Nc4ccc(N5CCN[C@@H](C)C5)cc4)n3)n2)n1. The number of hydrogen-bond acceptors (Lipinski definition) is 9. The van der Waals surface area contributed by atoms with Gasteiger partial charge in [0.1, 0.15) is 17.3 Å². The van der Waals surface area contributed by atoms with Gasteiger partial charge in [-0.25, -0.2) is 19.9 Å². The summed E-state index contributed by atoms with van der Waals surface area (Å²) in [6.45, 7) is 7.18. The van der Waals surface area contributed by atoms with Crippen molar-refractivity contribution in [3.8, 4) is 11.5 Å². The van der Waals surface area contributed by atoms with Crippen LogP contribution in [0.3, 0.4) is 0 Å². The van der Waals surface area contributed by atoms with E-state index in [1.54, 1.807) is 24.5 Å². The minimum absolute atomic E-state index is 0.495. The summed E-state index contributed by atoms with van der Waals surface area (Å²) >= 11 is 0. The van der Waals surface area contributed by atoms with Gasteiger partial charge in [-0.1, -0.05) is 6.07 Å². The molecule has 0 unspecified atom stereocenters. The molecule has 1 aromatic carbocycles. The third kappa shape index (κ3) is 5.26. The summed E-state index contributed by atoms with van der Waals surface area (Å²) < 4.78 is 0. The molecule has 5 rings (SSSR count). The number of rotatable bonds is 6. The van der Waals surface area contributed by atoms with Gasteiger partial charge in [-0.15, -0.1) is 0 Å². The van der Waals surface area contributed by atoms with Crippen molar-refractivity contribution in [3.63, 3.8) is 0 Å². The lowest BCUT2D eigenvalue weighted by Gasteiger charge is -2.33. The Morgan fingerprint density at radius 3 is 2.47 bits per heavy atom. The van der Waals surface area contributed by atoms with Gasteiger partial charge in [-0.3, -0.25) is 0 Å². The van der Waals surface area contributed by atoms with Crippen LogP contribution in [-0.4, -0.2) is 50.6 Å². The zero-order chi connectivity index (χ0) is 23.3. The number of benzene rings is 1. The molecule has 0 saturated carbocycles. The summed E-state index contributed by atoms with van der Waals surface area (Å²) in [5, 5.41) is 9.98. The quantitative estimate of drug-likeness (QED) is 0.401. The number of nitrogens with zero attached hydrogens (tertiary/aromatic N) is 6. The zero-order valence-corrected chi connectivity index (χ0v) is 19.2. The number of pyridine rings is 1. The first-order chi connectivity index (χ1) is 16.6. The molecule has 1 atom stereocenters. The topological polar surface area (TPSA) is 104 Å². The van der Waals surface area contributed by atoms with Crippen LogP contribution in [-0.2, 0) is 0 Å². The van der Waals surface area contributed by atoms with Gasteiger partial charge in [0.05, 0.1) is 0 Å². The van der Waals surface area contributed by atoms with Gasteiger partial charge in [-0.05, 0) is 62.4 Å². The molecular formula is C25H27N9. The van der Waals surface area contributed by atoms with E-state index in [1.807, 2.05) is 25.1 Å². The monoisotopic (exact) mass is 453 g/mol. The average Bonchev–Trinajstić information content (AvgIpc) is 2.85. The maximum Gasteiger partial charge on any atom is 0.229 e. The van der Waals surface area contributed by atoms with Crippen LogP contribution in [0.2, 0.25) is 0 Å². The molecule has 9 nitrogen and oxygen atoms in total. The Kier molecular flexibility index (Phi) is 6.26. The van der Waals surface area contributed by atoms with Crippen LogP contribution in [0.15, 0.2) is 67.0 Å². The zero-order valence-electron chi connectivity index (χ0n) is 19.2. The Morgan fingerprint density at radius 2 is 1.68 bits per heavy atom.